The second-order valence-electron chi connectivity index (χ2n) is 4.59. The summed E-state index contributed by atoms with van der Waals surface area (Å²) in [6.07, 6.45) is 10.7. The number of rotatable bonds is 3. The minimum absolute atomic E-state index is 0.217. The van der Waals surface area contributed by atoms with Gasteiger partial charge in [0.05, 0.1) is 6.07 Å². The molecule has 0 amide bonds. The molecule has 0 saturated carbocycles. The summed E-state index contributed by atoms with van der Waals surface area (Å²) in [6, 6.07) is 2.40. The summed E-state index contributed by atoms with van der Waals surface area (Å²) in [7, 11) is 0. The monoisotopic (exact) mass is 217 g/mol. The van der Waals surface area contributed by atoms with Crippen LogP contribution in [0.1, 0.15) is 49.3 Å². The van der Waals surface area contributed by atoms with E-state index in [0.717, 1.165) is 25.8 Å². The minimum atomic E-state index is 0.217. The lowest BCUT2D eigenvalue weighted by atomic mass is 10.1. The highest BCUT2D eigenvalue weighted by Crippen LogP contribution is 2.27. The molecule has 0 spiro atoms. The van der Waals surface area contributed by atoms with Gasteiger partial charge in [-0.25, -0.2) is 0 Å². The molecule has 3 nitrogen and oxygen atoms in total. The number of hydrogen-bond donors (Lipinski definition) is 1. The molecule has 3 heteroatoms. The number of aromatic nitrogens is 1. The van der Waals surface area contributed by atoms with Gasteiger partial charge in [0.1, 0.15) is 0 Å². The van der Waals surface area contributed by atoms with Gasteiger partial charge in [-0.3, -0.25) is 0 Å². The van der Waals surface area contributed by atoms with Gasteiger partial charge in [0, 0.05) is 31.4 Å². The Morgan fingerprint density at radius 2 is 2.31 bits per heavy atom. The fourth-order valence-electron chi connectivity index (χ4n) is 2.42. The first-order valence-corrected chi connectivity index (χ1v) is 6.12. The second-order valence-corrected chi connectivity index (χ2v) is 4.59. The molecule has 2 rings (SSSR count). The Labute approximate surface area is 96.9 Å². The van der Waals surface area contributed by atoms with Crippen LogP contribution in [-0.4, -0.2) is 4.57 Å². The van der Waals surface area contributed by atoms with Crippen molar-refractivity contribution in [3.63, 3.8) is 0 Å². The minimum Gasteiger partial charge on any atom is -0.354 e. The molecule has 16 heavy (non-hydrogen) atoms. The van der Waals surface area contributed by atoms with Crippen LogP contribution in [0.15, 0.2) is 12.4 Å². The van der Waals surface area contributed by atoms with Gasteiger partial charge in [-0.2, -0.15) is 5.26 Å². The number of nitriles is 1. The molecule has 1 aliphatic carbocycles. The summed E-state index contributed by atoms with van der Waals surface area (Å²) < 4.78 is 2.20. The number of fused-ring (bicyclic) bond motifs is 1. The highest BCUT2D eigenvalue weighted by atomic mass is 14.9. The highest BCUT2D eigenvalue weighted by molar-refractivity contribution is 5.28. The zero-order valence-electron chi connectivity index (χ0n) is 9.65. The molecule has 1 aliphatic rings. The van der Waals surface area contributed by atoms with E-state index in [1.54, 1.807) is 0 Å². The Bertz CT molecular complexity index is 386. The first-order valence-electron chi connectivity index (χ1n) is 6.12. The Hall–Kier alpha value is -1.27. The number of nitrogens with zero attached hydrogens (tertiary/aromatic N) is 2. The van der Waals surface area contributed by atoms with Crippen LogP contribution >= 0.6 is 0 Å². The lowest BCUT2D eigenvalue weighted by molar-refractivity contribution is 0.602. The van der Waals surface area contributed by atoms with E-state index in [0.29, 0.717) is 6.42 Å². The van der Waals surface area contributed by atoms with Gasteiger partial charge in [-0.15, -0.1) is 0 Å². The van der Waals surface area contributed by atoms with Crippen molar-refractivity contribution in [2.24, 2.45) is 5.73 Å². The Kier molecular flexibility index (Phi) is 3.63. The third-order valence-electron chi connectivity index (χ3n) is 3.31. The first-order chi connectivity index (χ1) is 7.81. The van der Waals surface area contributed by atoms with Crippen LogP contribution in [0.25, 0.3) is 0 Å². The molecule has 0 aliphatic heterocycles. The molecule has 86 valence electrons. The number of hydrogen-bond acceptors (Lipinski definition) is 2. The fraction of sp³-hybridized carbons (Fsp3) is 0.615. The standard InChI is InChI=1S/C13H19N3/c14-7-3-4-8-16-9-11-5-1-2-6-13(15)12(11)10-16/h9-10,13H,1-6,8,15H2. The van der Waals surface area contributed by atoms with Crippen LogP contribution in [-0.2, 0) is 13.0 Å². The Morgan fingerprint density at radius 1 is 1.44 bits per heavy atom. The summed E-state index contributed by atoms with van der Waals surface area (Å²) in [5.41, 5.74) is 8.90. The van der Waals surface area contributed by atoms with Crippen molar-refractivity contribution in [2.75, 3.05) is 0 Å². The van der Waals surface area contributed by atoms with Crippen molar-refractivity contribution in [1.82, 2.24) is 4.57 Å². The average molecular weight is 217 g/mol. The van der Waals surface area contributed by atoms with Gasteiger partial charge in [-0.05, 0) is 36.8 Å². The van der Waals surface area contributed by atoms with E-state index in [2.05, 4.69) is 23.0 Å². The molecular weight excluding hydrogens is 198 g/mol. The summed E-state index contributed by atoms with van der Waals surface area (Å²) in [5, 5.41) is 8.51. The molecule has 1 aromatic rings. The summed E-state index contributed by atoms with van der Waals surface area (Å²) in [4.78, 5) is 0. The van der Waals surface area contributed by atoms with Crippen molar-refractivity contribution in [3.8, 4) is 6.07 Å². The first kappa shape index (κ1) is 11.2. The maximum absolute atomic E-state index is 8.51. The molecule has 1 heterocycles. The van der Waals surface area contributed by atoms with E-state index >= 15 is 0 Å². The van der Waals surface area contributed by atoms with Crippen LogP contribution < -0.4 is 5.73 Å². The Balaban J connectivity index is 2.07. The molecular formula is C13H19N3. The molecule has 1 unspecified atom stereocenters. The van der Waals surface area contributed by atoms with Crippen molar-refractivity contribution >= 4 is 0 Å². The van der Waals surface area contributed by atoms with Gasteiger partial charge in [0.25, 0.3) is 0 Å². The fourth-order valence-corrected chi connectivity index (χ4v) is 2.42. The van der Waals surface area contributed by atoms with E-state index in [-0.39, 0.29) is 6.04 Å². The third kappa shape index (κ3) is 2.45. The van der Waals surface area contributed by atoms with Crippen LogP contribution in [0.5, 0.6) is 0 Å². The molecule has 0 radical (unpaired) electrons. The van der Waals surface area contributed by atoms with Gasteiger partial charge in [0.2, 0.25) is 0 Å². The van der Waals surface area contributed by atoms with Crippen LogP contribution in [0, 0.1) is 11.3 Å². The van der Waals surface area contributed by atoms with E-state index in [1.807, 2.05) is 0 Å². The summed E-state index contributed by atoms with van der Waals surface area (Å²) in [6.45, 7) is 0.938. The molecule has 0 fully saturated rings. The van der Waals surface area contributed by atoms with Crippen molar-refractivity contribution in [1.29, 1.82) is 5.26 Å². The predicted octanol–water partition coefficient (Wildman–Crippen LogP) is 2.52. The van der Waals surface area contributed by atoms with E-state index in [1.165, 1.54) is 24.0 Å². The molecule has 0 saturated heterocycles. The zero-order valence-corrected chi connectivity index (χ0v) is 9.65. The molecule has 0 aromatic carbocycles. The maximum Gasteiger partial charge on any atom is 0.0622 e. The largest absolute Gasteiger partial charge is 0.354 e. The van der Waals surface area contributed by atoms with Crippen LogP contribution in [0.2, 0.25) is 0 Å². The second kappa shape index (κ2) is 5.18. The number of unbranched alkanes of at least 4 members (excludes halogenated alkanes) is 1. The quantitative estimate of drug-likeness (QED) is 0.624. The molecule has 2 N–H and O–H groups in total. The lowest BCUT2D eigenvalue weighted by Gasteiger charge is -2.07. The molecule has 0 bridgehead atoms. The highest BCUT2D eigenvalue weighted by Gasteiger charge is 2.16. The predicted molar refractivity (Wildman–Crippen MR) is 63.8 cm³/mol. The summed E-state index contributed by atoms with van der Waals surface area (Å²) in [5.74, 6) is 0. The van der Waals surface area contributed by atoms with E-state index < -0.39 is 0 Å². The average Bonchev–Trinajstić information content (AvgIpc) is 2.61. The SMILES string of the molecule is N#CCCCn1cc2c(c1)C(N)CCCC2. The van der Waals surface area contributed by atoms with Crippen LogP contribution in [0.4, 0.5) is 0 Å². The van der Waals surface area contributed by atoms with Gasteiger partial charge >= 0.3 is 0 Å². The van der Waals surface area contributed by atoms with Gasteiger partial charge in [-0.1, -0.05) is 6.42 Å². The van der Waals surface area contributed by atoms with Gasteiger partial charge < -0.3 is 10.3 Å². The smallest absolute Gasteiger partial charge is 0.0622 e. The third-order valence-corrected chi connectivity index (χ3v) is 3.31. The molecule has 1 atom stereocenters. The molecule has 1 aromatic heterocycles. The van der Waals surface area contributed by atoms with Gasteiger partial charge in [0.15, 0.2) is 0 Å². The zero-order chi connectivity index (χ0) is 11.4. The normalized spacial score (nSPS) is 19.9. The summed E-state index contributed by atoms with van der Waals surface area (Å²) >= 11 is 0. The topological polar surface area (TPSA) is 54.7 Å². The maximum atomic E-state index is 8.51. The van der Waals surface area contributed by atoms with Crippen LogP contribution in [0.3, 0.4) is 0 Å². The van der Waals surface area contributed by atoms with Crippen molar-refractivity contribution < 1.29 is 0 Å². The van der Waals surface area contributed by atoms with E-state index in [9.17, 15) is 0 Å². The number of aryl methyl sites for hydroxylation is 2. The Morgan fingerprint density at radius 3 is 3.12 bits per heavy atom. The number of nitrogens with two attached hydrogens (primary N) is 1. The van der Waals surface area contributed by atoms with Crippen molar-refractivity contribution in [3.05, 3.63) is 23.5 Å². The van der Waals surface area contributed by atoms with E-state index in [4.69, 9.17) is 11.0 Å². The lowest BCUT2D eigenvalue weighted by Crippen LogP contribution is -2.09. The van der Waals surface area contributed by atoms with Crippen molar-refractivity contribution in [2.45, 2.75) is 51.1 Å².